The fourth-order valence-electron chi connectivity index (χ4n) is 2.41. The van der Waals surface area contributed by atoms with E-state index < -0.39 is 34.5 Å². The Morgan fingerprint density at radius 2 is 1.47 bits per heavy atom. The average molecular weight is 422 g/mol. The van der Waals surface area contributed by atoms with Crippen LogP contribution in [0.15, 0.2) is 54.8 Å². The topological polar surface area (TPSA) is 32.8 Å². The molecule has 0 saturated carbocycles. The van der Waals surface area contributed by atoms with Crippen molar-refractivity contribution in [1.29, 1.82) is 0 Å². The highest BCUT2D eigenvalue weighted by atomic mass is 19.1. The number of carbonyl (C=O) groups excluding carboxylic acids is 1. The lowest BCUT2D eigenvalue weighted by atomic mass is 10.1. The molecule has 0 spiro atoms. The summed E-state index contributed by atoms with van der Waals surface area (Å²) in [6, 6.07) is 9.27. The molecule has 0 unspecified atom stereocenters. The number of hydrogen-bond acceptors (Lipinski definition) is 3. The zero-order valence-electron chi connectivity index (χ0n) is 18.3. The molecule has 7 heteroatoms. The first-order chi connectivity index (χ1) is 13.8. The van der Waals surface area contributed by atoms with E-state index >= 15 is 0 Å². The molecular formula is C23H29F3N2O2. The van der Waals surface area contributed by atoms with E-state index in [1.807, 2.05) is 46.8 Å². The zero-order valence-corrected chi connectivity index (χ0v) is 18.3. The van der Waals surface area contributed by atoms with E-state index in [0.29, 0.717) is 17.8 Å². The molecular weight excluding hydrogens is 393 g/mol. The number of carbonyl (C=O) groups is 1. The van der Waals surface area contributed by atoms with Crippen LogP contribution in [0.4, 0.5) is 18.9 Å². The second-order valence-electron chi connectivity index (χ2n) is 8.07. The van der Waals surface area contributed by atoms with Crippen molar-refractivity contribution in [2.75, 3.05) is 32.6 Å². The summed E-state index contributed by atoms with van der Waals surface area (Å²) >= 11 is 0. The molecule has 0 radical (unpaired) electrons. The molecule has 4 nitrogen and oxygen atoms in total. The number of nitrogens with zero attached hydrogens (tertiary/aromatic N) is 2. The number of rotatable bonds is 5. The van der Waals surface area contributed by atoms with Crippen molar-refractivity contribution in [3.05, 3.63) is 77.8 Å². The maximum absolute atomic E-state index is 14.1. The van der Waals surface area contributed by atoms with E-state index in [2.05, 4.69) is 6.58 Å². The molecule has 1 amide bonds. The van der Waals surface area contributed by atoms with E-state index in [9.17, 15) is 18.0 Å². The van der Waals surface area contributed by atoms with Crippen LogP contribution in [0.3, 0.4) is 0 Å². The van der Waals surface area contributed by atoms with Crippen molar-refractivity contribution >= 4 is 11.6 Å². The molecule has 0 heterocycles. The minimum atomic E-state index is -1.27. The Labute approximate surface area is 176 Å². The maximum Gasteiger partial charge on any atom is 0.264 e. The van der Waals surface area contributed by atoms with Gasteiger partial charge >= 0.3 is 0 Å². The van der Waals surface area contributed by atoms with Crippen molar-refractivity contribution in [1.82, 2.24) is 4.90 Å². The van der Waals surface area contributed by atoms with Gasteiger partial charge in [-0.05, 0) is 54.0 Å². The van der Waals surface area contributed by atoms with E-state index in [1.54, 1.807) is 30.3 Å². The Bertz CT molecular complexity index is 837. The van der Waals surface area contributed by atoms with Crippen LogP contribution < -0.4 is 4.90 Å². The Hall–Kier alpha value is -2.80. The summed E-state index contributed by atoms with van der Waals surface area (Å²) in [4.78, 5) is 16.0. The third kappa shape index (κ3) is 8.29. The van der Waals surface area contributed by atoms with Gasteiger partial charge in [-0.3, -0.25) is 4.79 Å². The van der Waals surface area contributed by atoms with Crippen LogP contribution >= 0.6 is 0 Å². The van der Waals surface area contributed by atoms with Crippen molar-refractivity contribution < 1.29 is 22.7 Å². The van der Waals surface area contributed by atoms with Crippen molar-refractivity contribution in [3.63, 3.8) is 0 Å². The lowest BCUT2D eigenvalue weighted by Crippen LogP contribution is -2.35. The highest BCUT2D eigenvalue weighted by Gasteiger charge is 2.27. The fraction of sp³-hybridized carbons (Fsp3) is 0.348. The first-order valence-electron chi connectivity index (χ1n) is 9.31. The van der Waals surface area contributed by atoms with E-state index in [4.69, 9.17) is 4.74 Å². The molecule has 0 aliphatic rings. The number of anilines is 1. The molecule has 0 aliphatic heterocycles. The van der Waals surface area contributed by atoms with Gasteiger partial charge in [0.15, 0.2) is 0 Å². The Kier molecular flexibility index (Phi) is 9.11. The Morgan fingerprint density at radius 3 is 1.90 bits per heavy atom. The van der Waals surface area contributed by atoms with Gasteiger partial charge in [-0.25, -0.2) is 13.2 Å². The van der Waals surface area contributed by atoms with Gasteiger partial charge in [0, 0.05) is 17.8 Å². The van der Waals surface area contributed by atoms with Crippen molar-refractivity contribution in [3.8, 4) is 0 Å². The van der Waals surface area contributed by atoms with Gasteiger partial charge in [-0.2, -0.15) is 0 Å². The summed E-state index contributed by atoms with van der Waals surface area (Å²) < 4.78 is 46.9. The monoisotopic (exact) mass is 422 g/mol. The standard InChI is InChI=1S/C20H20F3NO2.C3H9N/c1-13(26-20(2,3)4)12-24(15-8-6-5-7-9-15)19(25)18-16(22)10-14(21)11-17(18)23;1-4(2)3/h5-11H,1,12H2,2-4H3;1-3H3. The molecule has 0 aliphatic carbocycles. The summed E-state index contributed by atoms with van der Waals surface area (Å²) in [6.45, 7) is 9.10. The lowest BCUT2D eigenvalue weighted by molar-refractivity contribution is 0.0508. The molecule has 0 bridgehead atoms. The third-order valence-corrected chi connectivity index (χ3v) is 3.32. The van der Waals surface area contributed by atoms with Gasteiger partial charge in [-0.15, -0.1) is 0 Å². The molecule has 0 N–H and O–H groups in total. The Morgan fingerprint density at radius 1 is 1.00 bits per heavy atom. The molecule has 0 atom stereocenters. The van der Waals surface area contributed by atoms with Crippen LogP contribution in [-0.4, -0.2) is 44.1 Å². The number of amides is 1. The van der Waals surface area contributed by atoms with Gasteiger partial charge < -0.3 is 14.5 Å². The van der Waals surface area contributed by atoms with Crippen LogP contribution in [0.5, 0.6) is 0 Å². The minimum Gasteiger partial charge on any atom is -0.491 e. The molecule has 2 aromatic carbocycles. The summed E-state index contributed by atoms with van der Waals surface area (Å²) in [6.07, 6.45) is 0. The first-order valence-corrected chi connectivity index (χ1v) is 9.31. The van der Waals surface area contributed by atoms with Gasteiger partial charge in [-0.1, -0.05) is 24.8 Å². The van der Waals surface area contributed by atoms with Gasteiger partial charge in [0.1, 0.15) is 34.4 Å². The van der Waals surface area contributed by atoms with Crippen LogP contribution in [0.1, 0.15) is 31.1 Å². The highest BCUT2D eigenvalue weighted by Crippen LogP contribution is 2.23. The second-order valence-corrected chi connectivity index (χ2v) is 8.07. The van der Waals surface area contributed by atoms with Crippen LogP contribution in [0, 0.1) is 17.5 Å². The minimum absolute atomic E-state index is 0.115. The Balaban J connectivity index is 0.00000103. The van der Waals surface area contributed by atoms with Crippen LogP contribution in [0.2, 0.25) is 0 Å². The predicted molar refractivity (Wildman–Crippen MR) is 114 cm³/mol. The van der Waals surface area contributed by atoms with Gasteiger partial charge in [0.05, 0.1) is 6.54 Å². The average Bonchev–Trinajstić information content (AvgIpc) is 2.57. The summed E-state index contributed by atoms with van der Waals surface area (Å²) in [5.74, 6) is -4.34. The smallest absolute Gasteiger partial charge is 0.264 e. The largest absolute Gasteiger partial charge is 0.491 e. The summed E-state index contributed by atoms with van der Waals surface area (Å²) in [5.41, 5.74) is -0.979. The molecule has 0 saturated heterocycles. The normalized spacial score (nSPS) is 10.9. The molecule has 2 rings (SSSR count). The van der Waals surface area contributed by atoms with Crippen LogP contribution in [-0.2, 0) is 4.74 Å². The van der Waals surface area contributed by atoms with E-state index in [0.717, 1.165) is 4.90 Å². The lowest BCUT2D eigenvalue weighted by Gasteiger charge is -2.28. The van der Waals surface area contributed by atoms with Crippen LogP contribution in [0.25, 0.3) is 0 Å². The number of benzene rings is 2. The number of hydrogen-bond donors (Lipinski definition) is 0. The molecule has 0 fully saturated rings. The third-order valence-electron chi connectivity index (χ3n) is 3.32. The highest BCUT2D eigenvalue weighted by molar-refractivity contribution is 6.06. The molecule has 30 heavy (non-hydrogen) atoms. The number of ether oxygens (including phenoxy) is 1. The van der Waals surface area contributed by atoms with Crippen molar-refractivity contribution in [2.45, 2.75) is 26.4 Å². The summed E-state index contributed by atoms with van der Waals surface area (Å²) in [7, 11) is 6.00. The predicted octanol–water partition coefficient (Wildman–Crippen LogP) is 5.26. The first kappa shape index (κ1) is 25.2. The van der Waals surface area contributed by atoms with E-state index in [1.165, 1.54) is 0 Å². The quantitative estimate of drug-likeness (QED) is 0.617. The van der Waals surface area contributed by atoms with E-state index in [-0.39, 0.29) is 12.3 Å². The zero-order chi connectivity index (χ0) is 23.1. The second kappa shape index (κ2) is 10.8. The fourth-order valence-corrected chi connectivity index (χ4v) is 2.41. The van der Waals surface area contributed by atoms with Gasteiger partial charge in [0.25, 0.3) is 5.91 Å². The summed E-state index contributed by atoms with van der Waals surface area (Å²) in [5, 5.41) is 0. The molecule has 2 aromatic rings. The van der Waals surface area contributed by atoms with Gasteiger partial charge in [0.2, 0.25) is 0 Å². The molecule has 164 valence electrons. The van der Waals surface area contributed by atoms with Crippen molar-refractivity contribution in [2.24, 2.45) is 0 Å². The molecule has 0 aromatic heterocycles. The number of para-hydroxylation sites is 1. The SMILES string of the molecule is C=C(CN(C(=O)c1c(F)cc(F)cc1F)c1ccccc1)OC(C)(C)C.CN(C)C. The maximum atomic E-state index is 14.1. The number of halogens is 3.